The van der Waals surface area contributed by atoms with Gasteiger partial charge in [0.05, 0.1) is 5.92 Å². The summed E-state index contributed by atoms with van der Waals surface area (Å²) in [6, 6.07) is 9.73. The molecule has 1 aliphatic rings. The number of benzene rings is 2. The van der Waals surface area contributed by atoms with E-state index in [9.17, 15) is 9.59 Å². The van der Waals surface area contributed by atoms with Gasteiger partial charge >= 0.3 is 0 Å². The first kappa shape index (κ1) is 13.0. The quantitative estimate of drug-likeness (QED) is 0.768. The summed E-state index contributed by atoms with van der Waals surface area (Å²) in [7, 11) is 0. The van der Waals surface area contributed by atoms with E-state index >= 15 is 0 Å². The first-order valence-corrected chi connectivity index (χ1v) is 7.13. The number of Topliss-reactive ketones (excluding diaryl/α,β-unsaturated/α-hetero) is 2. The zero-order chi connectivity index (χ0) is 14.4. The van der Waals surface area contributed by atoms with Crippen LogP contribution in [0.5, 0.6) is 0 Å². The Morgan fingerprint density at radius 3 is 2.30 bits per heavy atom. The van der Waals surface area contributed by atoms with Gasteiger partial charge in [-0.3, -0.25) is 9.59 Å². The second kappa shape index (κ2) is 4.55. The molecule has 3 rings (SSSR count). The fourth-order valence-electron chi connectivity index (χ4n) is 3.08. The van der Waals surface area contributed by atoms with E-state index in [-0.39, 0.29) is 11.6 Å². The number of hydrogen-bond donors (Lipinski definition) is 0. The molecule has 20 heavy (non-hydrogen) atoms. The molecular weight excluding hydrogens is 248 g/mol. The van der Waals surface area contributed by atoms with E-state index in [0.717, 1.165) is 17.2 Å². The van der Waals surface area contributed by atoms with Crippen LogP contribution in [0.3, 0.4) is 0 Å². The van der Waals surface area contributed by atoms with Crippen molar-refractivity contribution in [2.45, 2.75) is 27.2 Å². The highest BCUT2D eigenvalue weighted by Crippen LogP contribution is 2.34. The van der Waals surface area contributed by atoms with Crippen LogP contribution in [0.4, 0.5) is 0 Å². The Labute approximate surface area is 118 Å². The van der Waals surface area contributed by atoms with Crippen molar-refractivity contribution in [2.24, 2.45) is 11.8 Å². The average molecular weight is 266 g/mol. The number of carbonyl (C=O) groups is 2. The van der Waals surface area contributed by atoms with Gasteiger partial charge in [0.2, 0.25) is 0 Å². The Morgan fingerprint density at radius 2 is 1.65 bits per heavy atom. The molecule has 0 spiro atoms. The van der Waals surface area contributed by atoms with Crippen LogP contribution >= 0.6 is 0 Å². The van der Waals surface area contributed by atoms with Crippen molar-refractivity contribution in [3.63, 3.8) is 0 Å². The van der Waals surface area contributed by atoms with Gasteiger partial charge in [-0.25, -0.2) is 0 Å². The lowest BCUT2D eigenvalue weighted by molar-refractivity contribution is 0.0816. The molecule has 2 aromatic rings. The molecular formula is C18H18O2. The fourth-order valence-corrected chi connectivity index (χ4v) is 3.08. The van der Waals surface area contributed by atoms with Crippen LogP contribution in [-0.2, 0) is 6.42 Å². The monoisotopic (exact) mass is 266 g/mol. The molecule has 0 saturated heterocycles. The Morgan fingerprint density at radius 1 is 1.00 bits per heavy atom. The van der Waals surface area contributed by atoms with E-state index in [1.54, 1.807) is 6.92 Å². The van der Waals surface area contributed by atoms with Crippen molar-refractivity contribution in [3.8, 4) is 0 Å². The van der Waals surface area contributed by atoms with Gasteiger partial charge in [0, 0.05) is 16.5 Å². The lowest BCUT2D eigenvalue weighted by atomic mass is 9.79. The van der Waals surface area contributed by atoms with E-state index in [2.05, 4.69) is 13.8 Å². The van der Waals surface area contributed by atoms with Crippen LogP contribution in [0.15, 0.2) is 30.3 Å². The molecule has 0 saturated carbocycles. The topological polar surface area (TPSA) is 34.1 Å². The molecule has 1 atom stereocenters. The Kier molecular flexibility index (Phi) is 2.97. The molecule has 2 aromatic carbocycles. The first-order valence-electron chi connectivity index (χ1n) is 7.13. The van der Waals surface area contributed by atoms with Gasteiger partial charge in [0.15, 0.2) is 11.6 Å². The Bertz CT molecular complexity index is 703. The SMILES string of the molecule is CC(C)Cc1ccc2c3c(cccc13)C(=O)C(C)C2=O. The van der Waals surface area contributed by atoms with Crippen molar-refractivity contribution < 1.29 is 9.59 Å². The molecule has 0 N–H and O–H groups in total. The lowest BCUT2D eigenvalue weighted by Crippen LogP contribution is -2.26. The normalized spacial score (nSPS) is 18.1. The van der Waals surface area contributed by atoms with E-state index in [1.165, 1.54) is 5.56 Å². The highest BCUT2D eigenvalue weighted by molar-refractivity contribution is 6.29. The van der Waals surface area contributed by atoms with E-state index < -0.39 is 5.92 Å². The van der Waals surface area contributed by atoms with Crippen LogP contribution in [0.2, 0.25) is 0 Å². The number of carbonyl (C=O) groups excluding carboxylic acids is 2. The van der Waals surface area contributed by atoms with Crippen molar-refractivity contribution in [1.82, 2.24) is 0 Å². The maximum absolute atomic E-state index is 12.3. The maximum Gasteiger partial charge on any atom is 0.174 e. The second-order valence-electron chi connectivity index (χ2n) is 6.05. The molecule has 2 nitrogen and oxygen atoms in total. The smallest absolute Gasteiger partial charge is 0.174 e. The third kappa shape index (κ3) is 1.79. The zero-order valence-corrected chi connectivity index (χ0v) is 12.1. The second-order valence-corrected chi connectivity index (χ2v) is 6.05. The summed E-state index contributed by atoms with van der Waals surface area (Å²) < 4.78 is 0. The molecule has 0 aromatic heterocycles. The third-order valence-electron chi connectivity index (χ3n) is 4.08. The third-order valence-corrected chi connectivity index (χ3v) is 4.08. The fraction of sp³-hybridized carbons (Fsp3) is 0.333. The summed E-state index contributed by atoms with van der Waals surface area (Å²) in [6.45, 7) is 6.05. The molecule has 0 aliphatic heterocycles. The molecule has 0 amide bonds. The highest BCUT2D eigenvalue weighted by atomic mass is 16.2. The molecule has 1 unspecified atom stereocenters. The van der Waals surface area contributed by atoms with Crippen molar-refractivity contribution in [1.29, 1.82) is 0 Å². The summed E-state index contributed by atoms with van der Waals surface area (Å²) >= 11 is 0. The van der Waals surface area contributed by atoms with Crippen molar-refractivity contribution in [2.75, 3.05) is 0 Å². The molecule has 0 radical (unpaired) electrons. The lowest BCUT2D eigenvalue weighted by Gasteiger charge is -2.22. The molecule has 0 fully saturated rings. The summed E-state index contributed by atoms with van der Waals surface area (Å²) in [5, 5.41) is 1.92. The molecule has 102 valence electrons. The van der Waals surface area contributed by atoms with Gasteiger partial charge in [-0.05, 0) is 30.2 Å². The Hall–Kier alpha value is -1.96. The van der Waals surface area contributed by atoms with Gasteiger partial charge < -0.3 is 0 Å². The summed E-state index contributed by atoms with van der Waals surface area (Å²) in [5.74, 6) is -0.102. The van der Waals surface area contributed by atoms with Gasteiger partial charge in [0.25, 0.3) is 0 Å². The minimum absolute atomic E-state index is 0.0465. The van der Waals surface area contributed by atoms with Gasteiger partial charge in [-0.2, -0.15) is 0 Å². The summed E-state index contributed by atoms with van der Waals surface area (Å²) in [5.41, 5.74) is 2.63. The van der Waals surface area contributed by atoms with Crippen LogP contribution < -0.4 is 0 Å². The highest BCUT2D eigenvalue weighted by Gasteiger charge is 2.32. The largest absolute Gasteiger partial charge is 0.293 e. The number of ketones is 2. The number of hydrogen-bond acceptors (Lipinski definition) is 2. The average Bonchev–Trinajstić information content (AvgIpc) is 2.43. The minimum atomic E-state index is -0.552. The van der Waals surface area contributed by atoms with E-state index in [1.807, 2.05) is 30.3 Å². The standard InChI is InChI=1S/C18H18O2/c1-10(2)9-12-7-8-15-16-13(12)5-4-6-14(16)17(19)11(3)18(15)20/h4-8,10-11H,9H2,1-3H3. The molecule has 0 heterocycles. The molecule has 0 bridgehead atoms. The summed E-state index contributed by atoms with van der Waals surface area (Å²) in [6.07, 6.45) is 0.957. The van der Waals surface area contributed by atoms with Gasteiger partial charge in [-0.1, -0.05) is 44.2 Å². The number of rotatable bonds is 2. The molecule has 1 aliphatic carbocycles. The first-order chi connectivity index (χ1) is 9.50. The van der Waals surface area contributed by atoms with Crippen molar-refractivity contribution >= 4 is 22.3 Å². The van der Waals surface area contributed by atoms with Gasteiger partial charge in [-0.15, -0.1) is 0 Å². The van der Waals surface area contributed by atoms with Crippen LogP contribution in [0.1, 0.15) is 47.1 Å². The minimum Gasteiger partial charge on any atom is -0.293 e. The van der Waals surface area contributed by atoms with Crippen LogP contribution in [0.25, 0.3) is 10.8 Å². The van der Waals surface area contributed by atoms with Crippen LogP contribution in [-0.4, -0.2) is 11.6 Å². The van der Waals surface area contributed by atoms with Crippen molar-refractivity contribution in [3.05, 3.63) is 47.0 Å². The van der Waals surface area contributed by atoms with Crippen LogP contribution in [0, 0.1) is 11.8 Å². The van der Waals surface area contributed by atoms with E-state index in [4.69, 9.17) is 0 Å². The van der Waals surface area contributed by atoms with Gasteiger partial charge in [0.1, 0.15) is 0 Å². The summed E-state index contributed by atoms with van der Waals surface area (Å²) in [4.78, 5) is 24.7. The van der Waals surface area contributed by atoms with E-state index in [0.29, 0.717) is 17.0 Å². The Balaban J connectivity index is 2.35. The molecule has 2 heteroatoms. The predicted molar refractivity (Wildman–Crippen MR) is 80.3 cm³/mol. The predicted octanol–water partition coefficient (Wildman–Crippen LogP) is 4.05. The maximum atomic E-state index is 12.3. The zero-order valence-electron chi connectivity index (χ0n) is 12.1.